The van der Waals surface area contributed by atoms with Crippen LogP contribution in [0.2, 0.25) is 0 Å². The molecule has 1 saturated carbocycles. The molecule has 23 heavy (non-hydrogen) atoms. The minimum Gasteiger partial charge on any atom is -0.299 e. The molecule has 0 N–H and O–H groups in total. The Kier molecular flexibility index (Phi) is 5.39. The number of piperidine rings is 1. The summed E-state index contributed by atoms with van der Waals surface area (Å²) in [5.41, 5.74) is 0.749. The molecule has 0 unspecified atom stereocenters. The van der Waals surface area contributed by atoms with Crippen molar-refractivity contribution in [1.82, 2.24) is 9.80 Å². The van der Waals surface area contributed by atoms with Crippen molar-refractivity contribution >= 4 is 0 Å². The van der Waals surface area contributed by atoms with Crippen LogP contribution in [0.3, 0.4) is 0 Å². The summed E-state index contributed by atoms with van der Waals surface area (Å²) in [4.78, 5) is 5.34. The van der Waals surface area contributed by atoms with E-state index in [0.29, 0.717) is 5.92 Å². The Morgan fingerprint density at radius 3 is 2.26 bits per heavy atom. The summed E-state index contributed by atoms with van der Waals surface area (Å²) in [7, 11) is 0. The largest absolute Gasteiger partial charge is 0.299 e. The van der Waals surface area contributed by atoms with E-state index in [1.807, 2.05) is 0 Å². The van der Waals surface area contributed by atoms with Crippen LogP contribution in [0.5, 0.6) is 0 Å². The predicted octanol–water partition coefficient (Wildman–Crippen LogP) is 3.87. The van der Waals surface area contributed by atoms with Crippen LogP contribution in [0.15, 0.2) is 0 Å². The summed E-state index contributed by atoms with van der Waals surface area (Å²) < 4.78 is 0. The second kappa shape index (κ2) is 7.16. The lowest BCUT2D eigenvalue weighted by Crippen LogP contribution is -2.65. The van der Waals surface area contributed by atoms with Gasteiger partial charge < -0.3 is 0 Å². The van der Waals surface area contributed by atoms with Crippen LogP contribution in [0.25, 0.3) is 0 Å². The van der Waals surface area contributed by atoms with Gasteiger partial charge in [-0.05, 0) is 49.4 Å². The van der Waals surface area contributed by atoms with Gasteiger partial charge in [-0.2, -0.15) is 0 Å². The van der Waals surface area contributed by atoms with Gasteiger partial charge in [-0.25, -0.2) is 0 Å². The quantitative estimate of drug-likeness (QED) is 0.727. The van der Waals surface area contributed by atoms with E-state index >= 15 is 0 Å². The first-order valence-corrected chi connectivity index (χ1v) is 9.90. The second-order valence-electron chi connectivity index (χ2n) is 9.29. The summed E-state index contributed by atoms with van der Waals surface area (Å²) >= 11 is 0. The normalized spacial score (nSPS) is 26.2. The standard InChI is InChI=1S/C21H36N2/c1-17(2)6-5-9-22-10-7-20(8-11-22)23-15-21(16-23)13-19(14-21)12-18(3)4/h17-20H,7-16H2,1-4H3. The molecule has 0 aromatic carbocycles. The van der Waals surface area contributed by atoms with E-state index in [1.54, 1.807) is 0 Å². The van der Waals surface area contributed by atoms with Gasteiger partial charge in [-0.1, -0.05) is 39.5 Å². The molecule has 2 saturated heterocycles. The fourth-order valence-electron chi connectivity index (χ4n) is 5.13. The second-order valence-corrected chi connectivity index (χ2v) is 9.29. The lowest BCUT2D eigenvalue weighted by Gasteiger charge is -2.62. The first kappa shape index (κ1) is 17.3. The highest BCUT2D eigenvalue weighted by Crippen LogP contribution is 2.54. The monoisotopic (exact) mass is 316 g/mol. The summed E-state index contributed by atoms with van der Waals surface area (Å²) in [6.07, 6.45) is 7.21. The van der Waals surface area contributed by atoms with Crippen molar-refractivity contribution < 1.29 is 0 Å². The molecule has 2 aliphatic heterocycles. The van der Waals surface area contributed by atoms with Gasteiger partial charge in [0.1, 0.15) is 0 Å². The molecule has 3 rings (SSSR count). The van der Waals surface area contributed by atoms with E-state index in [0.717, 1.165) is 29.8 Å². The van der Waals surface area contributed by atoms with E-state index < -0.39 is 0 Å². The highest BCUT2D eigenvalue weighted by Gasteiger charge is 2.53. The summed E-state index contributed by atoms with van der Waals surface area (Å²) in [5, 5.41) is 0. The van der Waals surface area contributed by atoms with Gasteiger partial charge in [0.2, 0.25) is 0 Å². The number of likely N-dealkylation sites (tertiary alicyclic amines) is 2. The highest BCUT2D eigenvalue weighted by atomic mass is 15.3. The molecular formula is C21H36N2. The maximum absolute atomic E-state index is 3.34. The van der Waals surface area contributed by atoms with Crippen LogP contribution >= 0.6 is 0 Å². The van der Waals surface area contributed by atoms with Crippen LogP contribution in [-0.4, -0.2) is 48.6 Å². The fraction of sp³-hybridized carbons (Fsp3) is 0.905. The average Bonchev–Trinajstić information content (AvgIpc) is 2.40. The van der Waals surface area contributed by atoms with Crippen LogP contribution in [0.1, 0.15) is 59.8 Å². The number of rotatable bonds is 4. The first-order valence-electron chi connectivity index (χ1n) is 9.90. The Morgan fingerprint density at radius 2 is 1.70 bits per heavy atom. The number of hydrogen-bond acceptors (Lipinski definition) is 2. The smallest absolute Gasteiger partial charge is 0.0601 e. The van der Waals surface area contributed by atoms with Gasteiger partial charge >= 0.3 is 0 Å². The Balaban J connectivity index is 1.33. The molecule has 2 heterocycles. The molecule has 3 aliphatic rings. The van der Waals surface area contributed by atoms with Gasteiger partial charge in [-0.15, -0.1) is 0 Å². The van der Waals surface area contributed by atoms with Crippen molar-refractivity contribution in [1.29, 1.82) is 0 Å². The van der Waals surface area contributed by atoms with Crippen LogP contribution in [0.4, 0.5) is 0 Å². The van der Waals surface area contributed by atoms with Gasteiger partial charge in [0, 0.05) is 38.1 Å². The van der Waals surface area contributed by atoms with E-state index in [-0.39, 0.29) is 0 Å². The van der Waals surface area contributed by atoms with Gasteiger partial charge in [-0.3, -0.25) is 9.80 Å². The zero-order valence-corrected chi connectivity index (χ0v) is 15.8. The third-order valence-corrected chi connectivity index (χ3v) is 6.09. The van der Waals surface area contributed by atoms with E-state index in [4.69, 9.17) is 0 Å². The van der Waals surface area contributed by atoms with Gasteiger partial charge in [0.25, 0.3) is 0 Å². The van der Waals surface area contributed by atoms with E-state index in [2.05, 4.69) is 49.3 Å². The van der Waals surface area contributed by atoms with Crippen molar-refractivity contribution in [3.8, 4) is 11.8 Å². The van der Waals surface area contributed by atoms with Crippen LogP contribution in [0, 0.1) is 35.0 Å². The summed E-state index contributed by atoms with van der Waals surface area (Å²) in [6.45, 7) is 15.4. The average molecular weight is 317 g/mol. The molecule has 0 bridgehead atoms. The molecule has 0 aromatic heterocycles. The maximum atomic E-state index is 3.34. The molecule has 2 nitrogen and oxygen atoms in total. The van der Waals surface area contributed by atoms with Crippen molar-refractivity contribution in [3.05, 3.63) is 0 Å². The van der Waals surface area contributed by atoms with Gasteiger partial charge in [0.15, 0.2) is 0 Å². The fourth-order valence-corrected chi connectivity index (χ4v) is 5.13. The van der Waals surface area contributed by atoms with Crippen molar-refractivity contribution in [3.63, 3.8) is 0 Å². The number of hydrogen-bond donors (Lipinski definition) is 0. The third-order valence-electron chi connectivity index (χ3n) is 6.09. The highest BCUT2D eigenvalue weighted by molar-refractivity contribution is 5.07. The van der Waals surface area contributed by atoms with Crippen LogP contribution in [-0.2, 0) is 0 Å². The lowest BCUT2D eigenvalue weighted by atomic mass is 9.56. The van der Waals surface area contributed by atoms with E-state index in [9.17, 15) is 0 Å². The molecule has 2 heteroatoms. The Morgan fingerprint density at radius 1 is 1.04 bits per heavy atom. The molecule has 0 atom stereocenters. The third kappa shape index (κ3) is 4.31. The van der Waals surface area contributed by atoms with Crippen molar-refractivity contribution in [2.45, 2.75) is 65.8 Å². The SMILES string of the molecule is CC(C)C#CCN1CCC(N2CC3(CC(CC(C)C)C3)C2)CC1. The molecular weight excluding hydrogens is 280 g/mol. The minimum atomic E-state index is 0.506. The Bertz CT molecular complexity index is 434. The minimum absolute atomic E-state index is 0.506. The van der Waals surface area contributed by atoms with E-state index in [1.165, 1.54) is 58.3 Å². The lowest BCUT2D eigenvalue weighted by molar-refractivity contribution is -0.123. The molecule has 0 amide bonds. The summed E-state index contributed by atoms with van der Waals surface area (Å²) in [6, 6.07) is 0.860. The predicted molar refractivity (Wildman–Crippen MR) is 98.3 cm³/mol. The molecule has 1 aliphatic carbocycles. The molecule has 130 valence electrons. The maximum Gasteiger partial charge on any atom is 0.0601 e. The number of nitrogens with zero attached hydrogens (tertiary/aromatic N) is 2. The van der Waals surface area contributed by atoms with Crippen molar-refractivity contribution in [2.75, 3.05) is 32.7 Å². The summed E-state index contributed by atoms with van der Waals surface area (Å²) in [5.74, 6) is 9.06. The molecule has 0 radical (unpaired) electrons. The molecule has 1 spiro atoms. The van der Waals surface area contributed by atoms with Crippen LogP contribution < -0.4 is 0 Å². The van der Waals surface area contributed by atoms with Crippen molar-refractivity contribution in [2.24, 2.45) is 23.2 Å². The molecule has 3 fully saturated rings. The zero-order chi connectivity index (χ0) is 16.4. The topological polar surface area (TPSA) is 6.48 Å². The zero-order valence-electron chi connectivity index (χ0n) is 15.8. The Hall–Kier alpha value is -0.520. The van der Waals surface area contributed by atoms with Gasteiger partial charge in [0.05, 0.1) is 6.54 Å². The Labute approximate surface area is 144 Å². The first-order chi connectivity index (χ1) is 11.0. The molecule has 0 aromatic rings.